The summed E-state index contributed by atoms with van der Waals surface area (Å²) >= 11 is 1.53. The van der Waals surface area contributed by atoms with Crippen LogP contribution in [-0.2, 0) is 11.3 Å². The molecular formula is C14H15FN2O2S. The molecule has 4 nitrogen and oxygen atoms in total. The highest BCUT2D eigenvalue weighted by Crippen LogP contribution is 2.25. The molecule has 2 N–H and O–H groups in total. The molecule has 0 unspecified atom stereocenters. The summed E-state index contributed by atoms with van der Waals surface area (Å²) in [5.41, 5.74) is 1.44. The molecule has 0 aliphatic carbocycles. The Balaban J connectivity index is 2.03. The quantitative estimate of drug-likeness (QED) is 0.888. The van der Waals surface area contributed by atoms with Gasteiger partial charge in [0.05, 0.1) is 19.3 Å². The Labute approximate surface area is 120 Å². The first-order valence-electron chi connectivity index (χ1n) is 6.01. The zero-order valence-corrected chi connectivity index (χ0v) is 12.0. The number of carbonyl (C=O) groups excluding carboxylic acids is 1. The summed E-state index contributed by atoms with van der Waals surface area (Å²) in [5, 5.41) is 7.77. The number of hydrogen-bond donors (Lipinski definition) is 2. The molecule has 0 fully saturated rings. The second-order valence-electron chi connectivity index (χ2n) is 4.14. The van der Waals surface area contributed by atoms with Crippen molar-refractivity contribution in [1.29, 1.82) is 0 Å². The van der Waals surface area contributed by atoms with E-state index in [0.717, 1.165) is 10.6 Å². The predicted molar refractivity (Wildman–Crippen MR) is 78.9 cm³/mol. The molecule has 1 aromatic heterocycles. The lowest BCUT2D eigenvalue weighted by Crippen LogP contribution is -2.08. The van der Waals surface area contributed by atoms with Gasteiger partial charge in [0.1, 0.15) is 0 Å². The second-order valence-corrected chi connectivity index (χ2v) is 5.14. The topological polar surface area (TPSA) is 50.4 Å². The first kappa shape index (κ1) is 14.3. The van der Waals surface area contributed by atoms with Crippen LogP contribution in [0.2, 0.25) is 0 Å². The van der Waals surface area contributed by atoms with Crippen molar-refractivity contribution in [2.24, 2.45) is 0 Å². The van der Waals surface area contributed by atoms with Crippen LogP contribution in [-0.4, -0.2) is 13.0 Å². The largest absolute Gasteiger partial charge is 0.494 e. The molecule has 0 bridgehead atoms. The smallest absolute Gasteiger partial charge is 0.221 e. The van der Waals surface area contributed by atoms with Crippen LogP contribution in [0.1, 0.15) is 11.8 Å². The van der Waals surface area contributed by atoms with Crippen molar-refractivity contribution in [2.75, 3.05) is 17.7 Å². The number of amides is 1. The Morgan fingerprint density at radius 3 is 2.85 bits per heavy atom. The molecule has 2 aromatic rings. The Hall–Kier alpha value is -2.08. The fourth-order valence-corrected chi connectivity index (χ4v) is 2.51. The molecule has 0 saturated heterocycles. The summed E-state index contributed by atoms with van der Waals surface area (Å²) in [6.07, 6.45) is 0. The highest BCUT2D eigenvalue weighted by atomic mass is 32.1. The third kappa shape index (κ3) is 3.48. The van der Waals surface area contributed by atoms with E-state index in [1.54, 1.807) is 12.1 Å². The predicted octanol–water partition coefficient (Wildman–Crippen LogP) is 3.47. The van der Waals surface area contributed by atoms with E-state index >= 15 is 0 Å². The number of ether oxygens (including phenoxy) is 1. The Bertz CT molecular complexity index is 613. The molecule has 0 radical (unpaired) electrons. The van der Waals surface area contributed by atoms with E-state index in [-0.39, 0.29) is 11.7 Å². The van der Waals surface area contributed by atoms with Gasteiger partial charge in [0.25, 0.3) is 0 Å². The Morgan fingerprint density at radius 2 is 2.20 bits per heavy atom. The minimum Gasteiger partial charge on any atom is -0.494 e. The molecule has 6 heteroatoms. The van der Waals surface area contributed by atoms with Gasteiger partial charge in [-0.2, -0.15) is 0 Å². The summed E-state index contributed by atoms with van der Waals surface area (Å²) in [5.74, 6) is -0.309. The normalized spacial score (nSPS) is 10.2. The average molecular weight is 294 g/mol. The van der Waals surface area contributed by atoms with Crippen LogP contribution in [0.15, 0.2) is 29.6 Å². The Kier molecular flexibility index (Phi) is 4.57. The van der Waals surface area contributed by atoms with Crippen molar-refractivity contribution in [1.82, 2.24) is 0 Å². The van der Waals surface area contributed by atoms with E-state index < -0.39 is 5.82 Å². The van der Waals surface area contributed by atoms with Crippen molar-refractivity contribution in [2.45, 2.75) is 13.5 Å². The molecule has 1 heterocycles. The molecule has 0 saturated carbocycles. The number of hydrogen-bond acceptors (Lipinski definition) is 4. The summed E-state index contributed by atoms with van der Waals surface area (Å²) in [6.45, 7) is 1.98. The Morgan fingerprint density at radius 1 is 1.40 bits per heavy atom. The van der Waals surface area contributed by atoms with Gasteiger partial charge in [0, 0.05) is 23.6 Å². The monoisotopic (exact) mass is 294 g/mol. The number of methoxy groups -OCH3 is 1. The van der Waals surface area contributed by atoms with Crippen LogP contribution in [0.3, 0.4) is 0 Å². The van der Waals surface area contributed by atoms with Crippen LogP contribution in [0.5, 0.6) is 5.75 Å². The zero-order valence-electron chi connectivity index (χ0n) is 11.2. The maximum Gasteiger partial charge on any atom is 0.221 e. The van der Waals surface area contributed by atoms with Crippen LogP contribution in [0, 0.1) is 5.82 Å². The van der Waals surface area contributed by atoms with Crippen molar-refractivity contribution in [3.05, 3.63) is 40.3 Å². The molecule has 1 aromatic carbocycles. The first-order valence-corrected chi connectivity index (χ1v) is 6.89. The average Bonchev–Trinajstić information content (AvgIpc) is 2.83. The molecule has 0 spiro atoms. The third-order valence-corrected chi connectivity index (χ3v) is 3.58. The van der Waals surface area contributed by atoms with Gasteiger partial charge in [-0.05, 0) is 23.6 Å². The lowest BCUT2D eigenvalue weighted by molar-refractivity contribution is -0.114. The summed E-state index contributed by atoms with van der Waals surface area (Å²) in [7, 11) is 1.43. The number of carbonyl (C=O) groups is 1. The van der Waals surface area contributed by atoms with E-state index in [9.17, 15) is 9.18 Å². The zero-order chi connectivity index (χ0) is 14.5. The molecule has 0 atom stereocenters. The van der Waals surface area contributed by atoms with Gasteiger partial charge in [-0.15, -0.1) is 11.3 Å². The van der Waals surface area contributed by atoms with E-state index in [2.05, 4.69) is 10.6 Å². The van der Waals surface area contributed by atoms with Crippen molar-refractivity contribution >= 4 is 28.6 Å². The van der Waals surface area contributed by atoms with Gasteiger partial charge in [-0.1, -0.05) is 0 Å². The number of rotatable bonds is 5. The highest BCUT2D eigenvalue weighted by Gasteiger charge is 2.07. The second kappa shape index (κ2) is 6.38. The fraction of sp³-hybridized carbons (Fsp3) is 0.214. The lowest BCUT2D eigenvalue weighted by atomic mass is 10.3. The fourth-order valence-electron chi connectivity index (χ4n) is 1.74. The van der Waals surface area contributed by atoms with E-state index in [1.165, 1.54) is 31.4 Å². The van der Waals surface area contributed by atoms with Crippen molar-refractivity contribution in [3.63, 3.8) is 0 Å². The van der Waals surface area contributed by atoms with Gasteiger partial charge in [0.2, 0.25) is 5.91 Å². The SMILES string of the molecule is COc1ccc(NCc2sccc2NC(C)=O)cc1F. The molecule has 0 aliphatic heterocycles. The summed E-state index contributed by atoms with van der Waals surface area (Å²) in [6, 6.07) is 6.54. The van der Waals surface area contributed by atoms with Gasteiger partial charge in [-0.3, -0.25) is 4.79 Å². The van der Waals surface area contributed by atoms with Gasteiger partial charge in [-0.25, -0.2) is 4.39 Å². The maximum atomic E-state index is 13.5. The summed E-state index contributed by atoms with van der Waals surface area (Å²) < 4.78 is 18.4. The van der Waals surface area contributed by atoms with E-state index in [1.807, 2.05) is 11.4 Å². The van der Waals surface area contributed by atoms with Gasteiger partial charge >= 0.3 is 0 Å². The lowest BCUT2D eigenvalue weighted by Gasteiger charge is -2.09. The molecular weight excluding hydrogens is 279 g/mol. The number of thiophene rings is 1. The number of nitrogens with one attached hydrogen (secondary N) is 2. The first-order chi connectivity index (χ1) is 9.60. The van der Waals surface area contributed by atoms with Gasteiger partial charge in [0.15, 0.2) is 11.6 Å². The van der Waals surface area contributed by atoms with Gasteiger partial charge < -0.3 is 15.4 Å². The minimum atomic E-state index is -0.411. The molecule has 2 rings (SSSR count). The van der Waals surface area contributed by atoms with Crippen LogP contribution >= 0.6 is 11.3 Å². The molecule has 1 amide bonds. The van der Waals surface area contributed by atoms with Crippen molar-refractivity contribution < 1.29 is 13.9 Å². The molecule has 20 heavy (non-hydrogen) atoms. The minimum absolute atomic E-state index is 0.111. The standard InChI is InChI=1S/C14H15FN2O2S/c1-9(18)17-12-5-6-20-14(12)8-16-10-3-4-13(19-2)11(15)7-10/h3-7,16H,8H2,1-2H3,(H,17,18). The van der Waals surface area contributed by atoms with Crippen LogP contribution in [0.25, 0.3) is 0 Å². The highest BCUT2D eigenvalue weighted by molar-refractivity contribution is 7.10. The van der Waals surface area contributed by atoms with Crippen molar-refractivity contribution in [3.8, 4) is 5.75 Å². The maximum absolute atomic E-state index is 13.5. The number of benzene rings is 1. The summed E-state index contributed by atoms with van der Waals surface area (Å²) in [4.78, 5) is 12.0. The van der Waals surface area contributed by atoms with E-state index in [4.69, 9.17) is 4.74 Å². The molecule has 0 aliphatic rings. The van der Waals surface area contributed by atoms with Crippen LogP contribution < -0.4 is 15.4 Å². The number of halogens is 1. The van der Waals surface area contributed by atoms with E-state index in [0.29, 0.717) is 12.2 Å². The number of anilines is 2. The van der Waals surface area contributed by atoms with Crippen LogP contribution in [0.4, 0.5) is 15.8 Å². The third-order valence-electron chi connectivity index (χ3n) is 2.66. The molecule has 106 valence electrons.